The highest BCUT2D eigenvalue weighted by Crippen LogP contribution is 2.24. The topological polar surface area (TPSA) is 78.0 Å². The number of nitrogens with zero attached hydrogens (tertiary/aromatic N) is 3. The molecule has 0 saturated carbocycles. The van der Waals surface area contributed by atoms with Crippen molar-refractivity contribution in [1.29, 1.82) is 0 Å². The van der Waals surface area contributed by atoms with Crippen LogP contribution in [0.2, 0.25) is 0 Å². The fourth-order valence-corrected chi connectivity index (χ4v) is 4.58. The summed E-state index contributed by atoms with van der Waals surface area (Å²) < 4.78 is 0. The monoisotopic (exact) mass is 425 g/mol. The van der Waals surface area contributed by atoms with Crippen LogP contribution in [0.25, 0.3) is 10.8 Å². The first-order chi connectivity index (χ1) is 14.5. The molecule has 4 amide bonds. The molecule has 4 rings (SSSR count). The van der Waals surface area contributed by atoms with Crippen molar-refractivity contribution in [2.24, 2.45) is 0 Å². The Morgan fingerprint density at radius 2 is 1.40 bits per heavy atom. The Bertz CT molecular complexity index is 985. The van der Waals surface area contributed by atoms with Crippen molar-refractivity contribution in [2.45, 2.75) is 17.7 Å². The zero-order valence-electron chi connectivity index (χ0n) is 16.6. The molecule has 2 saturated heterocycles. The lowest BCUT2D eigenvalue weighted by Gasteiger charge is -2.35. The summed E-state index contributed by atoms with van der Waals surface area (Å²) in [5, 5.41) is 2.32. The Morgan fingerprint density at radius 1 is 0.800 bits per heavy atom. The van der Waals surface area contributed by atoms with Crippen LogP contribution >= 0.6 is 11.8 Å². The molecule has 0 unspecified atom stereocenters. The van der Waals surface area contributed by atoms with E-state index in [1.165, 1.54) is 17.1 Å². The predicted molar refractivity (Wildman–Crippen MR) is 114 cm³/mol. The normalized spacial score (nSPS) is 17.1. The van der Waals surface area contributed by atoms with E-state index in [1.807, 2.05) is 18.2 Å². The third-order valence-corrected chi connectivity index (χ3v) is 6.50. The maximum atomic E-state index is 12.6. The van der Waals surface area contributed by atoms with E-state index < -0.39 is 0 Å². The Labute approximate surface area is 179 Å². The number of fused-ring (bicyclic) bond motifs is 1. The molecule has 2 aromatic rings. The highest BCUT2D eigenvalue weighted by molar-refractivity contribution is 8.00. The van der Waals surface area contributed by atoms with Crippen LogP contribution in [-0.4, -0.2) is 76.8 Å². The summed E-state index contributed by atoms with van der Waals surface area (Å²) in [6.07, 6.45) is 0.368. The van der Waals surface area contributed by atoms with Gasteiger partial charge < -0.3 is 9.80 Å². The molecule has 0 atom stereocenters. The lowest BCUT2D eigenvalue weighted by atomic mass is 10.1. The number of hydrogen-bond acceptors (Lipinski definition) is 5. The lowest BCUT2D eigenvalue weighted by molar-refractivity contribution is -0.146. The summed E-state index contributed by atoms with van der Waals surface area (Å²) in [6.45, 7) is 1.57. The van der Waals surface area contributed by atoms with Crippen molar-refractivity contribution < 1.29 is 19.2 Å². The summed E-state index contributed by atoms with van der Waals surface area (Å²) in [5.74, 6) is -0.412. The van der Waals surface area contributed by atoms with Gasteiger partial charge in [0.1, 0.15) is 6.54 Å². The van der Waals surface area contributed by atoms with Crippen LogP contribution in [0.4, 0.5) is 0 Å². The molecule has 156 valence electrons. The highest BCUT2D eigenvalue weighted by Gasteiger charge is 2.32. The molecule has 0 N–H and O–H groups in total. The highest BCUT2D eigenvalue weighted by atomic mass is 32.2. The van der Waals surface area contributed by atoms with Crippen LogP contribution in [-0.2, 0) is 19.2 Å². The van der Waals surface area contributed by atoms with Gasteiger partial charge in [-0.25, -0.2) is 0 Å². The number of thioether (sulfide) groups is 1. The minimum atomic E-state index is -0.284. The van der Waals surface area contributed by atoms with Gasteiger partial charge in [0.25, 0.3) is 0 Å². The van der Waals surface area contributed by atoms with Gasteiger partial charge in [-0.3, -0.25) is 24.1 Å². The quantitative estimate of drug-likeness (QED) is 0.539. The molecule has 8 heteroatoms. The van der Waals surface area contributed by atoms with Crippen LogP contribution in [0.15, 0.2) is 47.4 Å². The van der Waals surface area contributed by atoms with Gasteiger partial charge in [0.2, 0.25) is 23.6 Å². The fourth-order valence-electron chi connectivity index (χ4n) is 3.73. The molecule has 0 aliphatic carbocycles. The molecule has 2 aromatic carbocycles. The largest absolute Gasteiger partial charge is 0.338 e. The third-order valence-electron chi connectivity index (χ3n) is 5.52. The second-order valence-electron chi connectivity index (χ2n) is 7.43. The Kier molecular flexibility index (Phi) is 6.03. The van der Waals surface area contributed by atoms with Crippen LogP contribution in [0.1, 0.15) is 12.8 Å². The van der Waals surface area contributed by atoms with Gasteiger partial charge in [-0.2, -0.15) is 0 Å². The van der Waals surface area contributed by atoms with E-state index in [4.69, 9.17) is 0 Å². The summed E-state index contributed by atoms with van der Waals surface area (Å²) in [6, 6.07) is 14.3. The molecule has 0 aromatic heterocycles. The van der Waals surface area contributed by atoms with Crippen molar-refractivity contribution in [1.82, 2.24) is 14.7 Å². The number of likely N-dealkylation sites (tertiary alicyclic amines) is 1. The standard InChI is InChI=1S/C22H23N3O4S/c26-19-7-8-20(27)25(19)14-21(28)23-9-11-24(12-10-23)22(29)15-30-18-6-5-16-3-1-2-4-17(16)13-18/h1-6,13H,7-12,14-15H2. The minimum Gasteiger partial charge on any atom is -0.338 e. The fraction of sp³-hybridized carbons (Fsp3) is 0.364. The van der Waals surface area contributed by atoms with Gasteiger partial charge in [0.15, 0.2) is 0 Å². The Hall–Kier alpha value is -2.87. The number of benzene rings is 2. The van der Waals surface area contributed by atoms with Crippen LogP contribution in [0, 0.1) is 0 Å². The average molecular weight is 426 g/mol. The Balaban J connectivity index is 1.25. The van der Waals surface area contributed by atoms with E-state index in [9.17, 15) is 19.2 Å². The molecule has 7 nitrogen and oxygen atoms in total. The van der Waals surface area contributed by atoms with E-state index in [-0.39, 0.29) is 43.0 Å². The van der Waals surface area contributed by atoms with Crippen molar-refractivity contribution in [3.05, 3.63) is 42.5 Å². The number of carbonyl (C=O) groups is 4. The van der Waals surface area contributed by atoms with Crippen molar-refractivity contribution >= 4 is 46.2 Å². The van der Waals surface area contributed by atoms with Crippen LogP contribution < -0.4 is 0 Å². The van der Waals surface area contributed by atoms with E-state index in [2.05, 4.69) is 24.3 Å². The number of amides is 4. The van der Waals surface area contributed by atoms with Gasteiger partial charge in [-0.15, -0.1) is 11.8 Å². The SMILES string of the molecule is O=C(CSc1ccc2ccccc2c1)N1CCN(C(=O)CN2C(=O)CCC2=O)CC1. The second-order valence-corrected chi connectivity index (χ2v) is 8.48. The number of hydrogen-bond donors (Lipinski definition) is 0. The summed E-state index contributed by atoms with van der Waals surface area (Å²) in [4.78, 5) is 53.8. The number of piperazine rings is 1. The third kappa shape index (κ3) is 4.48. The maximum Gasteiger partial charge on any atom is 0.242 e. The van der Waals surface area contributed by atoms with Gasteiger partial charge in [-0.1, -0.05) is 30.3 Å². The van der Waals surface area contributed by atoms with Gasteiger partial charge in [0, 0.05) is 43.9 Å². The summed E-state index contributed by atoms with van der Waals surface area (Å²) in [5.41, 5.74) is 0. The molecule has 2 aliphatic rings. The van der Waals surface area contributed by atoms with Gasteiger partial charge in [-0.05, 0) is 22.9 Å². The van der Waals surface area contributed by atoms with E-state index in [0.717, 1.165) is 15.2 Å². The zero-order chi connectivity index (χ0) is 21.1. The minimum absolute atomic E-state index is 0.0464. The molecular formula is C22H23N3O4S. The summed E-state index contributed by atoms with van der Waals surface area (Å²) >= 11 is 1.51. The summed E-state index contributed by atoms with van der Waals surface area (Å²) in [7, 11) is 0. The second kappa shape index (κ2) is 8.87. The average Bonchev–Trinajstić information content (AvgIpc) is 3.09. The molecule has 2 heterocycles. The van der Waals surface area contributed by atoms with E-state index in [0.29, 0.717) is 31.9 Å². The smallest absolute Gasteiger partial charge is 0.242 e. The number of carbonyl (C=O) groups excluding carboxylic acids is 4. The van der Waals surface area contributed by atoms with Crippen molar-refractivity contribution in [3.8, 4) is 0 Å². The molecule has 2 fully saturated rings. The number of imide groups is 1. The molecular weight excluding hydrogens is 402 g/mol. The first-order valence-corrected chi connectivity index (χ1v) is 11.0. The lowest BCUT2D eigenvalue weighted by Crippen LogP contribution is -2.53. The van der Waals surface area contributed by atoms with Gasteiger partial charge in [0.05, 0.1) is 5.75 Å². The van der Waals surface area contributed by atoms with Gasteiger partial charge >= 0.3 is 0 Å². The van der Waals surface area contributed by atoms with E-state index in [1.54, 1.807) is 9.80 Å². The first kappa shape index (κ1) is 20.4. The van der Waals surface area contributed by atoms with Crippen molar-refractivity contribution in [3.63, 3.8) is 0 Å². The zero-order valence-corrected chi connectivity index (χ0v) is 17.4. The molecule has 30 heavy (non-hydrogen) atoms. The molecule has 0 bridgehead atoms. The van der Waals surface area contributed by atoms with E-state index >= 15 is 0 Å². The van der Waals surface area contributed by atoms with Crippen molar-refractivity contribution in [2.75, 3.05) is 38.5 Å². The Morgan fingerprint density at radius 3 is 2.07 bits per heavy atom. The van der Waals surface area contributed by atoms with Crippen LogP contribution in [0.3, 0.4) is 0 Å². The molecule has 2 aliphatic heterocycles. The number of rotatable bonds is 5. The molecule has 0 spiro atoms. The molecule has 0 radical (unpaired) electrons. The predicted octanol–water partition coefficient (Wildman–Crippen LogP) is 1.75. The first-order valence-electron chi connectivity index (χ1n) is 10.0. The van der Waals surface area contributed by atoms with Crippen LogP contribution in [0.5, 0.6) is 0 Å². The maximum absolute atomic E-state index is 12.6.